The maximum atomic E-state index is 12.1. The van der Waals surface area contributed by atoms with Crippen molar-refractivity contribution in [2.24, 2.45) is 0 Å². The molecular formula is C24H22N8O2. The fourth-order valence-electron chi connectivity index (χ4n) is 3.97. The Morgan fingerprint density at radius 3 is 2.65 bits per heavy atom. The highest BCUT2D eigenvalue weighted by molar-refractivity contribution is 6.15. The van der Waals surface area contributed by atoms with E-state index < -0.39 is 0 Å². The van der Waals surface area contributed by atoms with Crippen molar-refractivity contribution in [3.63, 3.8) is 0 Å². The van der Waals surface area contributed by atoms with Gasteiger partial charge in [-0.1, -0.05) is 0 Å². The van der Waals surface area contributed by atoms with Gasteiger partial charge in [0.15, 0.2) is 5.65 Å². The smallest absolute Gasteiger partial charge is 0.254 e. The van der Waals surface area contributed by atoms with Crippen LogP contribution in [-0.2, 0) is 9.59 Å². The van der Waals surface area contributed by atoms with Gasteiger partial charge in [-0.25, -0.2) is 9.67 Å². The first-order valence-electron chi connectivity index (χ1n) is 11.1. The van der Waals surface area contributed by atoms with Crippen LogP contribution in [0.15, 0.2) is 54.5 Å². The van der Waals surface area contributed by atoms with Crippen molar-refractivity contribution in [2.45, 2.75) is 32.2 Å². The number of nitrogens with one attached hydrogen (secondary N) is 3. The van der Waals surface area contributed by atoms with Gasteiger partial charge in [-0.15, -0.1) is 0 Å². The number of fused-ring (bicyclic) bond motifs is 1. The first-order chi connectivity index (χ1) is 16.5. The standard InChI is InChI=1S/C24H22N8O2/c1-14-21(27-17-5-7-19(8-6-17)31-10-2-9-25-31)30-23-16(11-15-12-20(33)29-24(15)34)13-26-32(23)22(14)28-18-3-4-18/h2,5-11,13,18,28H,3-4,12H2,1H3,(H,27,30)(H,29,33,34)/b15-11+. The third-order valence-electron chi connectivity index (χ3n) is 5.95. The van der Waals surface area contributed by atoms with Gasteiger partial charge in [-0.05, 0) is 56.2 Å². The molecule has 0 spiro atoms. The van der Waals surface area contributed by atoms with Crippen molar-refractivity contribution >= 4 is 40.9 Å². The molecule has 34 heavy (non-hydrogen) atoms. The normalized spacial score (nSPS) is 16.9. The van der Waals surface area contributed by atoms with E-state index in [0.29, 0.717) is 28.6 Å². The maximum Gasteiger partial charge on any atom is 0.254 e. The van der Waals surface area contributed by atoms with Gasteiger partial charge in [0.1, 0.15) is 11.6 Å². The number of nitrogens with zero attached hydrogens (tertiary/aromatic N) is 5. The van der Waals surface area contributed by atoms with Crippen LogP contribution >= 0.6 is 0 Å². The van der Waals surface area contributed by atoms with E-state index in [1.807, 2.05) is 43.5 Å². The lowest BCUT2D eigenvalue weighted by atomic mass is 10.1. The van der Waals surface area contributed by atoms with E-state index >= 15 is 0 Å². The Kier molecular flexibility index (Phi) is 4.65. The van der Waals surface area contributed by atoms with Gasteiger partial charge in [-0.2, -0.15) is 14.7 Å². The van der Waals surface area contributed by atoms with Crippen LogP contribution in [0.3, 0.4) is 0 Å². The van der Waals surface area contributed by atoms with E-state index in [1.165, 1.54) is 0 Å². The molecule has 3 N–H and O–H groups in total. The molecule has 0 radical (unpaired) electrons. The first kappa shape index (κ1) is 20.2. The second-order valence-corrected chi connectivity index (χ2v) is 8.53. The van der Waals surface area contributed by atoms with E-state index in [9.17, 15) is 9.59 Å². The Morgan fingerprint density at radius 2 is 1.97 bits per heavy atom. The monoisotopic (exact) mass is 454 g/mol. The molecule has 3 aromatic heterocycles. The molecule has 10 heteroatoms. The number of anilines is 3. The summed E-state index contributed by atoms with van der Waals surface area (Å²) in [6.07, 6.45) is 9.28. The minimum Gasteiger partial charge on any atom is -0.367 e. The van der Waals surface area contributed by atoms with Crippen LogP contribution < -0.4 is 16.0 Å². The van der Waals surface area contributed by atoms with Crippen molar-refractivity contribution in [3.05, 3.63) is 65.6 Å². The second-order valence-electron chi connectivity index (χ2n) is 8.53. The molecule has 1 aliphatic carbocycles. The Balaban J connectivity index is 1.39. The van der Waals surface area contributed by atoms with E-state index in [0.717, 1.165) is 35.6 Å². The van der Waals surface area contributed by atoms with Crippen molar-refractivity contribution in [1.82, 2.24) is 29.7 Å². The lowest BCUT2D eigenvalue weighted by Crippen LogP contribution is -2.19. The minimum atomic E-state index is -0.372. The van der Waals surface area contributed by atoms with Crippen molar-refractivity contribution in [2.75, 3.05) is 10.6 Å². The van der Waals surface area contributed by atoms with Crippen molar-refractivity contribution < 1.29 is 9.59 Å². The van der Waals surface area contributed by atoms with Crippen molar-refractivity contribution in [3.8, 4) is 5.69 Å². The van der Waals surface area contributed by atoms with Gasteiger partial charge in [0.25, 0.3) is 5.91 Å². The molecule has 6 rings (SSSR count). The molecule has 10 nitrogen and oxygen atoms in total. The molecule has 1 aromatic carbocycles. The predicted molar refractivity (Wildman–Crippen MR) is 127 cm³/mol. The first-order valence-corrected chi connectivity index (χ1v) is 11.1. The van der Waals surface area contributed by atoms with Gasteiger partial charge in [0.05, 0.1) is 18.3 Å². The summed E-state index contributed by atoms with van der Waals surface area (Å²) in [6.45, 7) is 2.00. The highest BCUT2D eigenvalue weighted by Gasteiger charge is 2.27. The lowest BCUT2D eigenvalue weighted by Gasteiger charge is -2.16. The summed E-state index contributed by atoms with van der Waals surface area (Å²) in [5, 5.41) is 18.1. The van der Waals surface area contributed by atoms with Crippen LogP contribution in [0.2, 0.25) is 0 Å². The number of rotatable bonds is 6. The van der Waals surface area contributed by atoms with E-state index in [4.69, 9.17) is 4.98 Å². The summed E-state index contributed by atoms with van der Waals surface area (Å²) in [5.41, 5.74) is 4.46. The van der Waals surface area contributed by atoms with E-state index in [1.54, 1.807) is 27.7 Å². The number of imide groups is 1. The summed E-state index contributed by atoms with van der Waals surface area (Å²) in [7, 11) is 0. The maximum absolute atomic E-state index is 12.1. The Morgan fingerprint density at radius 1 is 1.15 bits per heavy atom. The number of hydrogen-bond donors (Lipinski definition) is 3. The number of amides is 2. The minimum absolute atomic E-state index is 0.0585. The number of hydrogen-bond acceptors (Lipinski definition) is 7. The molecular weight excluding hydrogens is 432 g/mol. The second kappa shape index (κ2) is 7.84. The molecule has 2 fully saturated rings. The number of carbonyl (C=O) groups is 2. The van der Waals surface area contributed by atoms with Crippen LogP contribution in [-0.4, -0.2) is 42.2 Å². The van der Waals surface area contributed by atoms with Gasteiger partial charge < -0.3 is 10.6 Å². The topological polar surface area (TPSA) is 118 Å². The zero-order chi connectivity index (χ0) is 23.2. The highest BCUT2D eigenvalue weighted by Crippen LogP contribution is 2.32. The number of benzene rings is 1. The molecule has 0 unspecified atom stereocenters. The van der Waals surface area contributed by atoms with Gasteiger partial charge in [0, 0.05) is 40.8 Å². The van der Waals surface area contributed by atoms with Crippen LogP contribution in [0.25, 0.3) is 17.4 Å². The summed E-state index contributed by atoms with van der Waals surface area (Å²) in [4.78, 5) is 28.5. The Bertz CT molecular complexity index is 1450. The molecule has 2 amide bonds. The number of carbonyl (C=O) groups excluding carboxylic acids is 2. The molecule has 1 aliphatic heterocycles. The Hall–Kier alpha value is -4.47. The molecule has 1 saturated heterocycles. The third-order valence-corrected chi connectivity index (χ3v) is 5.95. The quantitative estimate of drug-likeness (QED) is 0.303. The third kappa shape index (κ3) is 3.68. The average Bonchev–Trinajstić information content (AvgIpc) is 3.18. The van der Waals surface area contributed by atoms with Gasteiger partial charge >= 0.3 is 0 Å². The fraction of sp³-hybridized carbons (Fsp3) is 0.208. The van der Waals surface area contributed by atoms with Gasteiger partial charge in [-0.3, -0.25) is 14.9 Å². The zero-order valence-electron chi connectivity index (χ0n) is 18.4. The molecule has 0 atom stereocenters. The highest BCUT2D eigenvalue weighted by atomic mass is 16.2. The van der Waals surface area contributed by atoms with Crippen LogP contribution in [0.4, 0.5) is 17.3 Å². The molecule has 170 valence electrons. The molecule has 4 heterocycles. The molecule has 2 aliphatic rings. The van der Waals surface area contributed by atoms with Gasteiger partial charge in [0.2, 0.25) is 5.91 Å². The molecule has 0 bridgehead atoms. The molecule has 1 saturated carbocycles. The number of aromatic nitrogens is 5. The Labute approximate surface area is 194 Å². The summed E-state index contributed by atoms with van der Waals surface area (Å²) in [6, 6.07) is 10.2. The molecule has 4 aromatic rings. The summed E-state index contributed by atoms with van der Waals surface area (Å²) >= 11 is 0. The SMILES string of the molecule is Cc1c(Nc2ccc(-n3cccn3)cc2)nc2c(/C=C3\CC(=O)NC3=O)cnn2c1NC1CC1. The summed E-state index contributed by atoms with van der Waals surface area (Å²) < 4.78 is 3.56. The van der Waals surface area contributed by atoms with E-state index in [-0.39, 0.29) is 18.2 Å². The average molecular weight is 454 g/mol. The van der Waals surface area contributed by atoms with Crippen LogP contribution in [0.1, 0.15) is 30.4 Å². The predicted octanol–water partition coefficient (Wildman–Crippen LogP) is 2.97. The van der Waals surface area contributed by atoms with Crippen molar-refractivity contribution in [1.29, 1.82) is 0 Å². The summed E-state index contributed by atoms with van der Waals surface area (Å²) in [5.74, 6) is 0.881. The largest absolute Gasteiger partial charge is 0.367 e. The van der Waals surface area contributed by atoms with Crippen LogP contribution in [0.5, 0.6) is 0 Å². The zero-order valence-corrected chi connectivity index (χ0v) is 18.4. The fourth-order valence-corrected chi connectivity index (χ4v) is 3.97. The van der Waals surface area contributed by atoms with Crippen LogP contribution in [0, 0.1) is 6.92 Å². The lowest BCUT2D eigenvalue weighted by molar-refractivity contribution is -0.124. The van der Waals surface area contributed by atoms with E-state index in [2.05, 4.69) is 26.1 Å².